The summed E-state index contributed by atoms with van der Waals surface area (Å²) in [6.07, 6.45) is 40.4. The molecule has 2 atom stereocenters. The second-order valence-corrected chi connectivity index (χ2v) is 17.6. The molecule has 58 heavy (non-hydrogen) atoms. The third-order valence-corrected chi connectivity index (χ3v) is 12.1. The Balaban J connectivity index is 2.44. The molecule has 0 saturated heterocycles. The number of ether oxygens (including phenoxy) is 2. The van der Waals surface area contributed by atoms with Crippen LogP contribution in [0, 0.1) is 11.8 Å². The molecule has 0 aliphatic rings. The molecule has 1 aromatic rings. The number of unbranched alkanes of at least 4 members (excludes halogenated alkanes) is 22. The Morgan fingerprint density at radius 3 is 1.26 bits per heavy atom. The number of nitrogens with zero attached hydrogens (tertiary/aromatic N) is 2. The molecule has 0 radical (unpaired) electrons. The lowest BCUT2D eigenvalue weighted by atomic mass is 9.94. The van der Waals surface area contributed by atoms with Crippen LogP contribution in [0.15, 0.2) is 18.3 Å². The molecule has 0 spiro atoms. The van der Waals surface area contributed by atoms with Crippen LogP contribution < -0.4 is 5.73 Å². The van der Waals surface area contributed by atoms with Gasteiger partial charge in [0, 0.05) is 12.7 Å². The van der Waals surface area contributed by atoms with Gasteiger partial charge in [0.2, 0.25) is 0 Å². The minimum absolute atomic E-state index is 0.0528. The van der Waals surface area contributed by atoms with Crippen LogP contribution in [0.25, 0.3) is 0 Å². The van der Waals surface area contributed by atoms with E-state index in [1.165, 1.54) is 108 Å². The maximum Gasteiger partial charge on any atom is 0.308 e. The topological polar surface area (TPSA) is 94.8 Å². The third-order valence-electron chi connectivity index (χ3n) is 12.1. The van der Waals surface area contributed by atoms with Gasteiger partial charge in [-0.1, -0.05) is 188 Å². The molecule has 0 bridgehead atoms. The summed E-state index contributed by atoms with van der Waals surface area (Å²) in [6, 6.07) is 3.99. The van der Waals surface area contributed by atoms with Crippen molar-refractivity contribution in [3.63, 3.8) is 0 Å². The molecule has 0 fully saturated rings. The van der Waals surface area contributed by atoms with Gasteiger partial charge in [-0.3, -0.25) is 9.59 Å². The molecule has 0 amide bonds. The van der Waals surface area contributed by atoms with Gasteiger partial charge in [0.05, 0.1) is 25.0 Å². The molecule has 0 saturated carbocycles. The molecule has 2 N–H and O–H groups in total. The number of carbonyl (C=O) groups excluding carboxylic acids is 2. The van der Waals surface area contributed by atoms with Crippen LogP contribution in [-0.2, 0) is 25.5 Å². The summed E-state index contributed by atoms with van der Waals surface area (Å²) in [5, 5.41) is 0. The predicted octanol–water partition coefficient (Wildman–Crippen LogP) is 14.4. The second-order valence-electron chi connectivity index (χ2n) is 17.6. The van der Waals surface area contributed by atoms with E-state index in [1.807, 2.05) is 12.3 Å². The minimum atomic E-state index is 0.0528. The molecular formula is C51H95N3O4. The van der Waals surface area contributed by atoms with E-state index >= 15 is 0 Å². The number of hydrogen-bond acceptors (Lipinski definition) is 7. The van der Waals surface area contributed by atoms with Crippen molar-refractivity contribution in [3.8, 4) is 0 Å². The summed E-state index contributed by atoms with van der Waals surface area (Å²) in [5.74, 6) is 0.840. The number of aromatic nitrogens is 1. The van der Waals surface area contributed by atoms with Crippen LogP contribution in [0.5, 0.6) is 0 Å². The summed E-state index contributed by atoms with van der Waals surface area (Å²) < 4.78 is 11.7. The molecule has 0 aromatic carbocycles. The van der Waals surface area contributed by atoms with Crippen molar-refractivity contribution in [2.75, 3.05) is 38.6 Å². The first kappa shape index (κ1) is 53.9. The van der Waals surface area contributed by atoms with Gasteiger partial charge in [0.1, 0.15) is 5.82 Å². The predicted molar refractivity (Wildman–Crippen MR) is 248 cm³/mol. The Morgan fingerprint density at radius 1 is 0.500 bits per heavy atom. The normalized spacial score (nSPS) is 12.6. The zero-order valence-electron chi connectivity index (χ0n) is 38.9. The first-order valence-electron chi connectivity index (χ1n) is 25.2. The largest absolute Gasteiger partial charge is 0.465 e. The van der Waals surface area contributed by atoms with Crippen molar-refractivity contribution in [1.29, 1.82) is 0 Å². The summed E-state index contributed by atoms with van der Waals surface area (Å²) >= 11 is 0. The lowest BCUT2D eigenvalue weighted by Crippen LogP contribution is -2.28. The van der Waals surface area contributed by atoms with Crippen LogP contribution in [-0.4, -0.2) is 54.7 Å². The molecule has 0 aliphatic heterocycles. The Kier molecular flexibility index (Phi) is 37.4. The highest BCUT2D eigenvalue weighted by Crippen LogP contribution is 2.22. The average molecular weight is 814 g/mol. The third kappa shape index (κ3) is 31.7. The van der Waals surface area contributed by atoms with Gasteiger partial charge in [-0.2, -0.15) is 0 Å². The van der Waals surface area contributed by atoms with E-state index in [0.717, 1.165) is 129 Å². The Morgan fingerprint density at radius 2 is 0.862 bits per heavy atom. The number of nitrogens with two attached hydrogens (primary N) is 1. The fourth-order valence-corrected chi connectivity index (χ4v) is 8.11. The number of nitrogen functional groups attached to an aromatic ring is 1. The van der Waals surface area contributed by atoms with E-state index in [4.69, 9.17) is 15.2 Å². The molecule has 7 heteroatoms. The van der Waals surface area contributed by atoms with Gasteiger partial charge in [-0.25, -0.2) is 4.98 Å². The maximum absolute atomic E-state index is 13.1. The first-order chi connectivity index (χ1) is 28.4. The maximum atomic E-state index is 13.1. The Labute approximate surface area is 359 Å². The fourth-order valence-electron chi connectivity index (χ4n) is 8.11. The molecule has 338 valence electrons. The lowest BCUT2D eigenvalue weighted by molar-refractivity contribution is -0.150. The fraction of sp³-hybridized carbons (Fsp3) is 0.863. The SMILES string of the molecule is CCCCCCCCC(CCCCCC)C(=O)OCCCCCCN(CCCCCCOC(=O)C(CCCCCC)CCCCCCCC)CCc1ccc(N)nc1. The van der Waals surface area contributed by atoms with E-state index in [1.54, 1.807) is 0 Å². The van der Waals surface area contributed by atoms with Crippen molar-refractivity contribution >= 4 is 17.8 Å². The van der Waals surface area contributed by atoms with Crippen LogP contribution in [0.4, 0.5) is 5.82 Å². The van der Waals surface area contributed by atoms with Gasteiger partial charge in [0.15, 0.2) is 0 Å². The summed E-state index contributed by atoms with van der Waals surface area (Å²) in [6.45, 7) is 13.3. The number of anilines is 1. The van der Waals surface area contributed by atoms with Crippen LogP contribution in [0.1, 0.15) is 239 Å². The van der Waals surface area contributed by atoms with Crippen molar-refractivity contribution in [2.24, 2.45) is 11.8 Å². The molecule has 2 unspecified atom stereocenters. The molecule has 0 aliphatic carbocycles. The highest BCUT2D eigenvalue weighted by Gasteiger charge is 2.20. The highest BCUT2D eigenvalue weighted by molar-refractivity contribution is 5.72. The number of esters is 2. The smallest absolute Gasteiger partial charge is 0.308 e. The average Bonchev–Trinajstić information content (AvgIpc) is 3.23. The van der Waals surface area contributed by atoms with Crippen LogP contribution >= 0.6 is 0 Å². The molecule has 1 aromatic heterocycles. The summed E-state index contributed by atoms with van der Waals surface area (Å²) in [4.78, 5) is 33.0. The Hall–Kier alpha value is -2.15. The van der Waals surface area contributed by atoms with E-state index in [9.17, 15) is 9.59 Å². The van der Waals surface area contributed by atoms with Crippen LogP contribution in [0.3, 0.4) is 0 Å². The summed E-state index contributed by atoms with van der Waals surface area (Å²) in [7, 11) is 0. The molecule has 1 rings (SSSR count). The van der Waals surface area contributed by atoms with Gasteiger partial charge in [-0.15, -0.1) is 0 Å². The van der Waals surface area contributed by atoms with Crippen molar-refractivity contribution < 1.29 is 19.1 Å². The molecular weight excluding hydrogens is 719 g/mol. The zero-order chi connectivity index (χ0) is 42.2. The lowest BCUT2D eigenvalue weighted by Gasteiger charge is -2.22. The van der Waals surface area contributed by atoms with Gasteiger partial charge < -0.3 is 20.1 Å². The number of hydrogen-bond donors (Lipinski definition) is 1. The van der Waals surface area contributed by atoms with Crippen molar-refractivity contribution in [1.82, 2.24) is 9.88 Å². The summed E-state index contributed by atoms with van der Waals surface area (Å²) in [5.41, 5.74) is 7.06. The van der Waals surface area contributed by atoms with E-state index in [-0.39, 0.29) is 23.8 Å². The monoisotopic (exact) mass is 814 g/mol. The molecule has 7 nitrogen and oxygen atoms in total. The van der Waals surface area contributed by atoms with Gasteiger partial charge in [0.25, 0.3) is 0 Å². The molecule has 1 heterocycles. The van der Waals surface area contributed by atoms with Gasteiger partial charge >= 0.3 is 11.9 Å². The van der Waals surface area contributed by atoms with E-state index < -0.39 is 0 Å². The zero-order valence-corrected chi connectivity index (χ0v) is 38.9. The van der Waals surface area contributed by atoms with Crippen molar-refractivity contribution in [2.45, 2.75) is 240 Å². The highest BCUT2D eigenvalue weighted by atomic mass is 16.5. The standard InChI is InChI=1S/C51H95N3O4/c1-5-9-13-17-19-27-35-47(33-25-15-11-7-3)50(55)57-43-31-23-21-29-40-54(42-39-46-37-38-49(52)53-45-46)41-30-22-24-32-44-58-51(56)48(34-26-16-12-8-4)36-28-20-18-14-10-6-2/h37-38,45,47-48H,5-36,39-44H2,1-4H3,(H2,52,53). The minimum Gasteiger partial charge on any atom is -0.465 e. The van der Waals surface area contributed by atoms with Crippen LogP contribution in [0.2, 0.25) is 0 Å². The second kappa shape index (κ2) is 40.3. The quantitative estimate of drug-likeness (QED) is 0.0518. The van der Waals surface area contributed by atoms with E-state index in [2.05, 4.69) is 43.6 Å². The Bertz CT molecular complexity index is 993. The number of pyridine rings is 1. The number of rotatable bonds is 43. The van der Waals surface area contributed by atoms with E-state index in [0.29, 0.717) is 19.0 Å². The van der Waals surface area contributed by atoms with Gasteiger partial charge in [-0.05, 0) is 82.5 Å². The number of carbonyl (C=O) groups is 2. The van der Waals surface area contributed by atoms with Crippen molar-refractivity contribution in [3.05, 3.63) is 23.9 Å². The first-order valence-corrected chi connectivity index (χ1v) is 25.2.